The van der Waals surface area contributed by atoms with Crippen LogP contribution in [0, 0.1) is 6.92 Å². The molecule has 1 aliphatic heterocycles. The van der Waals surface area contributed by atoms with E-state index in [0.717, 1.165) is 54.7 Å². The van der Waals surface area contributed by atoms with Crippen LogP contribution in [0.2, 0.25) is 0 Å². The molecule has 1 aromatic heterocycles. The van der Waals surface area contributed by atoms with Crippen molar-refractivity contribution < 1.29 is 0 Å². The summed E-state index contributed by atoms with van der Waals surface area (Å²) in [5, 5.41) is 0. The molecule has 6 heteroatoms. The van der Waals surface area contributed by atoms with Gasteiger partial charge in [-0.3, -0.25) is 0 Å². The minimum atomic E-state index is 0.261. The average Bonchev–Trinajstić information content (AvgIpc) is 2.39. The van der Waals surface area contributed by atoms with Crippen LogP contribution in [0.15, 0.2) is 0 Å². The molecule has 0 radical (unpaired) electrons. The Morgan fingerprint density at radius 1 is 1.40 bits per heavy atom. The number of anilines is 2. The molecule has 0 aliphatic carbocycles. The highest BCUT2D eigenvalue weighted by atomic mass is 32.2. The van der Waals surface area contributed by atoms with E-state index in [2.05, 4.69) is 36.1 Å². The van der Waals surface area contributed by atoms with Crippen molar-refractivity contribution in [3.8, 4) is 0 Å². The average molecular weight is 295 g/mol. The lowest BCUT2D eigenvalue weighted by molar-refractivity contribution is 0.638. The van der Waals surface area contributed by atoms with Crippen LogP contribution in [-0.2, 0) is 6.42 Å². The summed E-state index contributed by atoms with van der Waals surface area (Å²) in [6, 6.07) is 0. The fourth-order valence-electron chi connectivity index (χ4n) is 2.53. The standard InChI is InChI=1S/C14H25N5S/c1-5-6-11-16-12(18-15)10(2)13(17-11)19-7-8-20-14(3,4)9-19/h5-9,15H2,1-4H3,(H,16,17,18). The van der Waals surface area contributed by atoms with Gasteiger partial charge in [-0.05, 0) is 27.2 Å². The number of thioether (sulfide) groups is 1. The highest BCUT2D eigenvalue weighted by molar-refractivity contribution is 8.00. The van der Waals surface area contributed by atoms with Crippen molar-refractivity contribution in [1.29, 1.82) is 0 Å². The molecule has 0 unspecified atom stereocenters. The first-order valence-corrected chi connectivity index (χ1v) is 8.18. The third-order valence-corrected chi connectivity index (χ3v) is 4.80. The molecule has 0 atom stereocenters. The number of hydrogen-bond acceptors (Lipinski definition) is 6. The lowest BCUT2D eigenvalue weighted by Gasteiger charge is -2.39. The van der Waals surface area contributed by atoms with Crippen LogP contribution in [0.5, 0.6) is 0 Å². The number of rotatable bonds is 4. The fraction of sp³-hybridized carbons (Fsp3) is 0.714. The predicted octanol–water partition coefficient (Wildman–Crippen LogP) is 2.35. The molecule has 1 aliphatic rings. The van der Waals surface area contributed by atoms with Crippen molar-refractivity contribution >= 4 is 23.4 Å². The van der Waals surface area contributed by atoms with Crippen molar-refractivity contribution in [1.82, 2.24) is 9.97 Å². The first kappa shape index (κ1) is 15.4. The summed E-state index contributed by atoms with van der Waals surface area (Å²) < 4.78 is 0.261. The fourth-order valence-corrected chi connectivity index (χ4v) is 3.64. The van der Waals surface area contributed by atoms with Gasteiger partial charge in [0.1, 0.15) is 17.5 Å². The summed E-state index contributed by atoms with van der Waals surface area (Å²) in [5.41, 5.74) is 3.75. The molecule has 1 fully saturated rings. The van der Waals surface area contributed by atoms with E-state index in [1.54, 1.807) is 0 Å². The summed E-state index contributed by atoms with van der Waals surface area (Å²) in [4.78, 5) is 11.6. The Morgan fingerprint density at radius 3 is 2.75 bits per heavy atom. The summed E-state index contributed by atoms with van der Waals surface area (Å²) in [6.45, 7) is 10.8. The quantitative estimate of drug-likeness (QED) is 0.656. The second kappa shape index (κ2) is 6.18. The third-order valence-electron chi connectivity index (χ3n) is 3.50. The molecule has 2 heterocycles. The molecule has 1 aromatic rings. The van der Waals surface area contributed by atoms with Gasteiger partial charge in [0.05, 0.1) is 0 Å². The summed E-state index contributed by atoms with van der Waals surface area (Å²) in [6.07, 6.45) is 1.92. The number of nitrogens with one attached hydrogen (secondary N) is 1. The van der Waals surface area contributed by atoms with Crippen molar-refractivity contribution in [2.24, 2.45) is 5.84 Å². The summed E-state index contributed by atoms with van der Waals surface area (Å²) in [5.74, 6) is 9.38. The Balaban J connectivity index is 2.36. The Kier molecular flexibility index (Phi) is 4.75. The topological polar surface area (TPSA) is 67.1 Å². The van der Waals surface area contributed by atoms with Gasteiger partial charge in [0, 0.05) is 35.6 Å². The smallest absolute Gasteiger partial charge is 0.148 e. The van der Waals surface area contributed by atoms with Gasteiger partial charge >= 0.3 is 0 Å². The van der Waals surface area contributed by atoms with Gasteiger partial charge in [0.25, 0.3) is 0 Å². The van der Waals surface area contributed by atoms with Crippen molar-refractivity contribution in [2.45, 2.75) is 45.3 Å². The van der Waals surface area contributed by atoms with Crippen LogP contribution in [0.25, 0.3) is 0 Å². The molecule has 3 N–H and O–H groups in total. The maximum Gasteiger partial charge on any atom is 0.148 e. The number of aryl methyl sites for hydroxylation is 1. The van der Waals surface area contributed by atoms with E-state index in [1.165, 1.54) is 0 Å². The molecule has 112 valence electrons. The van der Waals surface area contributed by atoms with Crippen molar-refractivity contribution in [3.05, 3.63) is 11.4 Å². The second-order valence-electron chi connectivity index (χ2n) is 5.86. The van der Waals surface area contributed by atoms with Crippen molar-refractivity contribution in [2.75, 3.05) is 29.2 Å². The van der Waals surface area contributed by atoms with Gasteiger partial charge in [-0.1, -0.05) is 6.92 Å². The normalized spacial score (nSPS) is 18.1. The van der Waals surface area contributed by atoms with Crippen LogP contribution in [0.1, 0.15) is 38.6 Å². The highest BCUT2D eigenvalue weighted by Gasteiger charge is 2.29. The van der Waals surface area contributed by atoms with Gasteiger partial charge in [0.2, 0.25) is 0 Å². The van der Waals surface area contributed by atoms with E-state index in [4.69, 9.17) is 10.8 Å². The maximum atomic E-state index is 5.60. The zero-order chi connectivity index (χ0) is 14.8. The SMILES string of the molecule is CCCc1nc(NN)c(C)c(N2CCSC(C)(C)C2)n1. The Bertz CT molecular complexity index is 475. The van der Waals surface area contributed by atoms with Gasteiger partial charge in [-0.2, -0.15) is 11.8 Å². The first-order valence-electron chi connectivity index (χ1n) is 7.20. The molecule has 0 saturated carbocycles. The van der Waals surface area contributed by atoms with Gasteiger partial charge in [-0.15, -0.1) is 0 Å². The Hall–Kier alpha value is -1.01. The zero-order valence-corrected chi connectivity index (χ0v) is 13.7. The largest absolute Gasteiger partial charge is 0.354 e. The summed E-state index contributed by atoms with van der Waals surface area (Å²) >= 11 is 2.02. The molecular weight excluding hydrogens is 270 g/mol. The van der Waals surface area contributed by atoms with Crippen LogP contribution >= 0.6 is 11.8 Å². The number of nitrogen functional groups attached to an aromatic ring is 1. The number of hydrogen-bond donors (Lipinski definition) is 2. The van der Waals surface area contributed by atoms with Crippen LogP contribution in [-0.4, -0.2) is 33.6 Å². The maximum absolute atomic E-state index is 5.60. The first-order chi connectivity index (χ1) is 9.46. The predicted molar refractivity (Wildman–Crippen MR) is 87.3 cm³/mol. The van der Waals surface area contributed by atoms with E-state index in [1.807, 2.05) is 18.7 Å². The lowest BCUT2D eigenvalue weighted by atomic mass is 10.1. The van der Waals surface area contributed by atoms with Crippen LogP contribution in [0.4, 0.5) is 11.6 Å². The molecular formula is C14H25N5S. The minimum absolute atomic E-state index is 0.261. The number of nitrogens with zero attached hydrogens (tertiary/aromatic N) is 3. The molecule has 1 saturated heterocycles. The number of nitrogens with two attached hydrogens (primary N) is 1. The van der Waals surface area contributed by atoms with E-state index in [-0.39, 0.29) is 4.75 Å². The van der Waals surface area contributed by atoms with E-state index < -0.39 is 0 Å². The summed E-state index contributed by atoms with van der Waals surface area (Å²) in [7, 11) is 0. The molecule has 0 bridgehead atoms. The Morgan fingerprint density at radius 2 is 2.15 bits per heavy atom. The van der Waals surface area contributed by atoms with Gasteiger partial charge < -0.3 is 10.3 Å². The van der Waals surface area contributed by atoms with Crippen LogP contribution < -0.4 is 16.2 Å². The van der Waals surface area contributed by atoms with Gasteiger partial charge in [0.15, 0.2) is 0 Å². The second-order valence-corrected chi connectivity index (χ2v) is 7.66. The minimum Gasteiger partial charge on any atom is -0.354 e. The molecule has 0 spiro atoms. The van der Waals surface area contributed by atoms with E-state index >= 15 is 0 Å². The molecule has 0 amide bonds. The molecule has 20 heavy (non-hydrogen) atoms. The number of hydrazine groups is 1. The van der Waals surface area contributed by atoms with Crippen LogP contribution in [0.3, 0.4) is 0 Å². The molecule has 0 aromatic carbocycles. The molecule has 5 nitrogen and oxygen atoms in total. The monoisotopic (exact) mass is 295 g/mol. The zero-order valence-electron chi connectivity index (χ0n) is 12.9. The van der Waals surface area contributed by atoms with Gasteiger partial charge in [-0.25, -0.2) is 15.8 Å². The number of aromatic nitrogens is 2. The molecule has 2 rings (SSSR count). The van der Waals surface area contributed by atoms with E-state index in [9.17, 15) is 0 Å². The van der Waals surface area contributed by atoms with E-state index in [0.29, 0.717) is 0 Å². The van der Waals surface area contributed by atoms with Crippen molar-refractivity contribution in [3.63, 3.8) is 0 Å². The lowest BCUT2D eigenvalue weighted by Crippen LogP contribution is -2.44. The Labute approximate surface area is 125 Å². The third kappa shape index (κ3) is 3.35. The highest BCUT2D eigenvalue weighted by Crippen LogP contribution is 2.33.